The minimum atomic E-state index is -0.692. The first-order valence-corrected chi connectivity index (χ1v) is 17.2. The molecule has 1 fully saturated rings. The van der Waals surface area contributed by atoms with Crippen LogP contribution in [-0.2, 0) is 43.0 Å². The molecule has 0 radical (unpaired) electrons. The van der Waals surface area contributed by atoms with E-state index in [9.17, 15) is 19.2 Å². The Labute approximate surface area is 265 Å². The van der Waals surface area contributed by atoms with E-state index < -0.39 is 17.8 Å². The summed E-state index contributed by atoms with van der Waals surface area (Å²) in [5, 5.41) is 3.43. The lowest BCUT2D eigenvalue weighted by molar-refractivity contribution is -0.198. The number of amides is 3. The van der Waals surface area contributed by atoms with Gasteiger partial charge in [-0.25, -0.2) is 4.79 Å². The number of hydroxylamine groups is 2. The van der Waals surface area contributed by atoms with Crippen LogP contribution in [0.1, 0.15) is 129 Å². The molecule has 1 rings (SSSR count). The summed E-state index contributed by atoms with van der Waals surface area (Å²) in [7, 11) is 0. The zero-order valence-electron chi connectivity index (χ0n) is 27.4. The lowest BCUT2D eigenvalue weighted by Gasteiger charge is -2.12. The molecular formula is C33H60N2O9. The van der Waals surface area contributed by atoms with Gasteiger partial charge in [-0.15, -0.1) is 5.06 Å². The van der Waals surface area contributed by atoms with E-state index in [2.05, 4.69) is 12.2 Å². The lowest BCUT2D eigenvalue weighted by atomic mass is 10.0. The summed E-state index contributed by atoms with van der Waals surface area (Å²) in [5.74, 6) is -1.61. The number of unbranched alkanes of at least 4 members (excludes halogenated alkanes) is 14. The van der Waals surface area contributed by atoms with Crippen molar-refractivity contribution in [2.75, 3.05) is 59.4 Å². The van der Waals surface area contributed by atoms with Gasteiger partial charge in [0.15, 0.2) is 0 Å². The summed E-state index contributed by atoms with van der Waals surface area (Å²) in [5.41, 5.74) is 0. The molecule has 1 heterocycles. The number of hydrogen-bond acceptors (Lipinski definition) is 9. The third-order valence-electron chi connectivity index (χ3n) is 7.34. The second-order valence-electron chi connectivity index (χ2n) is 11.3. The maximum atomic E-state index is 12.0. The highest BCUT2D eigenvalue weighted by molar-refractivity contribution is 6.01. The van der Waals surface area contributed by atoms with Gasteiger partial charge in [-0.1, -0.05) is 96.8 Å². The normalized spacial score (nSPS) is 13.2. The molecule has 0 aromatic heterocycles. The Morgan fingerprint density at radius 1 is 0.568 bits per heavy atom. The SMILES string of the molecule is CCCCCCCCCCCCCCCCCC(=O)NCCOCCOCCOCCOCCC(=O)ON1C(=O)CCC1=O. The van der Waals surface area contributed by atoms with E-state index in [0.29, 0.717) is 64.3 Å². The topological polar surface area (TPSA) is 130 Å². The van der Waals surface area contributed by atoms with E-state index in [0.717, 1.165) is 12.8 Å². The summed E-state index contributed by atoms with van der Waals surface area (Å²) in [6.45, 7) is 5.69. The second kappa shape index (κ2) is 29.6. The van der Waals surface area contributed by atoms with Crippen LogP contribution in [0, 0.1) is 0 Å². The molecule has 3 amide bonds. The van der Waals surface area contributed by atoms with Gasteiger partial charge in [0.1, 0.15) is 0 Å². The predicted molar refractivity (Wildman–Crippen MR) is 168 cm³/mol. The lowest BCUT2D eigenvalue weighted by Crippen LogP contribution is -2.32. The Kier molecular flexibility index (Phi) is 26.9. The molecule has 11 nitrogen and oxygen atoms in total. The fourth-order valence-corrected chi connectivity index (χ4v) is 4.73. The molecule has 44 heavy (non-hydrogen) atoms. The third-order valence-corrected chi connectivity index (χ3v) is 7.34. The minimum Gasteiger partial charge on any atom is -0.378 e. The van der Waals surface area contributed by atoms with Crippen molar-refractivity contribution in [2.45, 2.75) is 129 Å². The van der Waals surface area contributed by atoms with Crippen molar-refractivity contribution in [1.29, 1.82) is 0 Å². The van der Waals surface area contributed by atoms with Gasteiger partial charge in [0.2, 0.25) is 5.91 Å². The Bertz CT molecular complexity index is 735. The van der Waals surface area contributed by atoms with E-state index in [4.69, 9.17) is 23.8 Å². The van der Waals surface area contributed by atoms with E-state index in [1.165, 1.54) is 83.5 Å². The van der Waals surface area contributed by atoms with E-state index in [-0.39, 0.29) is 31.8 Å². The van der Waals surface area contributed by atoms with Crippen LogP contribution in [0.25, 0.3) is 0 Å². The summed E-state index contributed by atoms with van der Waals surface area (Å²) in [6, 6.07) is 0. The standard InChI is InChI=1S/C33H60N2O9/c1-2-3-4-5-6-7-8-9-10-11-12-13-14-15-16-17-30(36)34-21-23-41-25-27-43-29-28-42-26-24-40-22-20-33(39)44-35-31(37)18-19-32(35)38/h2-29H2,1H3,(H,34,36). The molecule has 256 valence electrons. The molecule has 1 N–H and O–H groups in total. The fourth-order valence-electron chi connectivity index (χ4n) is 4.73. The van der Waals surface area contributed by atoms with Crippen LogP contribution in [-0.4, -0.2) is 88.2 Å². The van der Waals surface area contributed by atoms with Crippen LogP contribution in [0.5, 0.6) is 0 Å². The number of hydrogen-bond donors (Lipinski definition) is 1. The predicted octanol–water partition coefficient (Wildman–Crippen LogP) is 5.43. The molecule has 11 heteroatoms. The van der Waals surface area contributed by atoms with Crippen molar-refractivity contribution in [1.82, 2.24) is 10.4 Å². The van der Waals surface area contributed by atoms with E-state index >= 15 is 0 Å². The third kappa shape index (κ3) is 24.3. The van der Waals surface area contributed by atoms with Gasteiger partial charge < -0.3 is 29.1 Å². The van der Waals surface area contributed by atoms with Gasteiger partial charge >= 0.3 is 5.97 Å². The summed E-state index contributed by atoms with van der Waals surface area (Å²) >= 11 is 0. The highest BCUT2D eigenvalue weighted by Gasteiger charge is 2.32. The van der Waals surface area contributed by atoms with Crippen LogP contribution < -0.4 is 5.32 Å². The fraction of sp³-hybridized carbons (Fsp3) is 0.879. The maximum absolute atomic E-state index is 12.0. The molecule has 0 aromatic rings. The van der Waals surface area contributed by atoms with Gasteiger partial charge in [-0.2, -0.15) is 0 Å². The van der Waals surface area contributed by atoms with Crippen LogP contribution in [0.2, 0.25) is 0 Å². The van der Waals surface area contributed by atoms with Crippen LogP contribution in [0.4, 0.5) is 0 Å². The zero-order valence-corrected chi connectivity index (χ0v) is 27.4. The van der Waals surface area contributed by atoms with Crippen molar-refractivity contribution < 1.29 is 43.0 Å². The molecule has 1 aliphatic rings. The van der Waals surface area contributed by atoms with Gasteiger partial charge in [-0.3, -0.25) is 14.4 Å². The molecule has 0 spiro atoms. The monoisotopic (exact) mass is 628 g/mol. The van der Waals surface area contributed by atoms with Crippen molar-refractivity contribution in [3.05, 3.63) is 0 Å². The van der Waals surface area contributed by atoms with Crippen molar-refractivity contribution in [2.24, 2.45) is 0 Å². The average Bonchev–Trinajstić information content (AvgIpc) is 3.33. The first-order valence-electron chi connectivity index (χ1n) is 17.2. The Balaban J connectivity index is 1.72. The number of nitrogens with one attached hydrogen (secondary N) is 1. The largest absolute Gasteiger partial charge is 0.378 e. The summed E-state index contributed by atoms with van der Waals surface area (Å²) in [6.07, 6.45) is 20.4. The van der Waals surface area contributed by atoms with Gasteiger partial charge in [0.05, 0.1) is 59.3 Å². The van der Waals surface area contributed by atoms with Crippen LogP contribution in [0.15, 0.2) is 0 Å². The molecular weight excluding hydrogens is 568 g/mol. The first-order chi connectivity index (χ1) is 21.5. The Hall–Kier alpha value is -2.08. The van der Waals surface area contributed by atoms with E-state index in [1.807, 2.05) is 0 Å². The molecule has 0 unspecified atom stereocenters. The number of nitrogens with zero attached hydrogens (tertiary/aromatic N) is 1. The molecule has 0 saturated carbocycles. The smallest absolute Gasteiger partial charge is 0.335 e. The van der Waals surface area contributed by atoms with Gasteiger partial charge in [-0.05, 0) is 6.42 Å². The molecule has 1 aliphatic heterocycles. The van der Waals surface area contributed by atoms with Crippen molar-refractivity contribution in [3.63, 3.8) is 0 Å². The summed E-state index contributed by atoms with van der Waals surface area (Å²) in [4.78, 5) is 51.1. The molecule has 0 aromatic carbocycles. The number of carbonyl (C=O) groups excluding carboxylic acids is 4. The highest BCUT2D eigenvalue weighted by atomic mass is 16.7. The average molecular weight is 629 g/mol. The first kappa shape index (κ1) is 39.9. The summed E-state index contributed by atoms with van der Waals surface area (Å²) < 4.78 is 21.6. The number of rotatable bonds is 32. The number of imide groups is 1. The molecule has 0 atom stereocenters. The second-order valence-corrected chi connectivity index (χ2v) is 11.3. The zero-order chi connectivity index (χ0) is 31.9. The molecule has 1 saturated heterocycles. The quantitative estimate of drug-likeness (QED) is 0.0766. The van der Waals surface area contributed by atoms with Crippen molar-refractivity contribution >= 4 is 23.7 Å². The maximum Gasteiger partial charge on any atom is 0.335 e. The van der Waals surface area contributed by atoms with Gasteiger partial charge in [0, 0.05) is 25.8 Å². The number of carbonyl (C=O) groups is 4. The number of ether oxygens (including phenoxy) is 4. The van der Waals surface area contributed by atoms with Crippen LogP contribution >= 0.6 is 0 Å². The van der Waals surface area contributed by atoms with E-state index in [1.54, 1.807) is 0 Å². The van der Waals surface area contributed by atoms with Gasteiger partial charge in [0.25, 0.3) is 11.8 Å². The van der Waals surface area contributed by atoms with Crippen LogP contribution in [0.3, 0.4) is 0 Å². The molecule has 0 aliphatic carbocycles. The molecule has 0 bridgehead atoms. The minimum absolute atomic E-state index is 0.0655. The van der Waals surface area contributed by atoms with Crippen molar-refractivity contribution in [3.8, 4) is 0 Å². The Morgan fingerprint density at radius 2 is 0.977 bits per heavy atom. The highest BCUT2D eigenvalue weighted by Crippen LogP contribution is 2.14. The Morgan fingerprint density at radius 3 is 1.45 bits per heavy atom.